The molecule has 5 rings (SSSR count). The van der Waals surface area contributed by atoms with E-state index in [0.29, 0.717) is 48.2 Å². The third-order valence-electron chi connectivity index (χ3n) is 8.03. The molecule has 202 valence electrons. The predicted molar refractivity (Wildman–Crippen MR) is 154 cm³/mol. The molecule has 0 bridgehead atoms. The topological polar surface area (TPSA) is 69.7 Å². The molecule has 1 N–H and O–H groups in total. The lowest BCUT2D eigenvalue weighted by atomic mass is 9.71. The highest BCUT2D eigenvalue weighted by Gasteiger charge is 2.46. The van der Waals surface area contributed by atoms with Crippen molar-refractivity contribution in [2.75, 3.05) is 24.5 Å². The van der Waals surface area contributed by atoms with Gasteiger partial charge in [-0.3, -0.25) is 14.4 Å². The first-order valence-electron chi connectivity index (χ1n) is 13.2. The summed E-state index contributed by atoms with van der Waals surface area (Å²) in [5.74, 6) is -0.635. The van der Waals surface area contributed by atoms with E-state index < -0.39 is 11.3 Å². The Hall–Kier alpha value is -3.35. The molecule has 8 heteroatoms. The molecule has 39 heavy (non-hydrogen) atoms. The molecule has 2 atom stereocenters. The average Bonchev–Trinajstić information content (AvgIpc) is 3.36. The number of carbonyl (C=O) groups excluding carboxylic acids is 3. The normalized spacial score (nSPS) is 19.6. The van der Waals surface area contributed by atoms with Crippen molar-refractivity contribution in [2.24, 2.45) is 5.92 Å². The Kier molecular flexibility index (Phi) is 7.96. The summed E-state index contributed by atoms with van der Waals surface area (Å²) in [6.07, 6.45) is 1.16. The second-order valence-corrected chi connectivity index (χ2v) is 11.2. The van der Waals surface area contributed by atoms with E-state index in [-0.39, 0.29) is 30.2 Å². The number of benzene rings is 3. The van der Waals surface area contributed by atoms with Crippen LogP contribution in [0.2, 0.25) is 10.0 Å². The van der Waals surface area contributed by atoms with Crippen molar-refractivity contribution >= 4 is 46.6 Å². The molecule has 0 aliphatic carbocycles. The number of rotatable bonds is 6. The molecule has 0 aromatic heterocycles. The third-order valence-corrected chi connectivity index (χ3v) is 8.77. The number of amides is 3. The third kappa shape index (κ3) is 5.54. The van der Waals surface area contributed by atoms with Gasteiger partial charge in [-0.15, -0.1) is 0 Å². The van der Waals surface area contributed by atoms with E-state index in [1.54, 1.807) is 23.1 Å². The molecular formula is C31H31Cl2N3O3. The van der Waals surface area contributed by atoms with Crippen LogP contribution in [0.5, 0.6) is 0 Å². The molecular weight excluding hydrogens is 533 g/mol. The number of nitrogens with zero attached hydrogens (tertiary/aromatic N) is 2. The fourth-order valence-corrected chi connectivity index (χ4v) is 6.00. The summed E-state index contributed by atoms with van der Waals surface area (Å²) in [5, 5.41) is 4.01. The van der Waals surface area contributed by atoms with Crippen LogP contribution >= 0.6 is 23.2 Å². The zero-order valence-electron chi connectivity index (χ0n) is 21.8. The molecule has 1 unspecified atom stereocenters. The first-order chi connectivity index (χ1) is 18.8. The number of likely N-dealkylation sites (tertiary alicyclic amines) is 1. The molecule has 3 aromatic carbocycles. The van der Waals surface area contributed by atoms with E-state index in [1.165, 1.54) is 0 Å². The molecule has 2 aliphatic heterocycles. The molecule has 2 fully saturated rings. The first-order valence-corrected chi connectivity index (χ1v) is 14.0. The summed E-state index contributed by atoms with van der Waals surface area (Å²) in [6, 6.07) is 24.6. The summed E-state index contributed by atoms with van der Waals surface area (Å²) >= 11 is 12.2. The average molecular weight is 565 g/mol. The van der Waals surface area contributed by atoms with Crippen molar-refractivity contribution < 1.29 is 14.4 Å². The maximum Gasteiger partial charge on any atom is 0.231 e. The SMILES string of the molecule is C[C@H](NC(=O)C1(c2ccccc2)CCN(C(=O)C2CC(=O)N(c3ccc(Cl)c(Cl)c3)C2)CC1)c1ccccc1. The molecule has 3 aromatic rings. The second-order valence-electron chi connectivity index (χ2n) is 10.4. The van der Waals surface area contributed by atoms with Gasteiger partial charge in [-0.1, -0.05) is 83.9 Å². The summed E-state index contributed by atoms with van der Waals surface area (Å²) < 4.78 is 0. The van der Waals surface area contributed by atoms with E-state index in [9.17, 15) is 14.4 Å². The number of hydrogen-bond donors (Lipinski definition) is 1. The number of piperidine rings is 1. The zero-order chi connectivity index (χ0) is 27.6. The number of nitrogens with one attached hydrogen (secondary N) is 1. The van der Waals surface area contributed by atoms with Gasteiger partial charge in [0.2, 0.25) is 17.7 Å². The smallest absolute Gasteiger partial charge is 0.231 e. The van der Waals surface area contributed by atoms with Crippen molar-refractivity contribution in [3.8, 4) is 0 Å². The minimum absolute atomic E-state index is 0.0287. The number of carbonyl (C=O) groups is 3. The zero-order valence-corrected chi connectivity index (χ0v) is 23.3. The van der Waals surface area contributed by atoms with Gasteiger partial charge in [-0.05, 0) is 49.1 Å². The standard InChI is InChI=1S/C31H31Cl2N3O3/c1-21(22-8-4-2-5-9-22)34-30(39)31(24-10-6-3-7-11-24)14-16-35(17-15-31)29(38)23-18-28(37)36(20-23)25-12-13-26(32)27(33)19-25/h2-13,19,21,23H,14-18,20H2,1H3,(H,34,39)/t21-,23?/m0/s1. The fraction of sp³-hybridized carbons (Fsp3) is 0.323. The van der Waals surface area contributed by atoms with Gasteiger partial charge in [0.05, 0.1) is 27.4 Å². The second kappa shape index (κ2) is 11.4. The van der Waals surface area contributed by atoms with Crippen LogP contribution < -0.4 is 10.2 Å². The fourth-order valence-electron chi connectivity index (χ4n) is 5.71. The highest BCUT2D eigenvalue weighted by atomic mass is 35.5. The Morgan fingerprint density at radius 2 is 1.56 bits per heavy atom. The summed E-state index contributed by atoms with van der Waals surface area (Å²) in [7, 11) is 0. The Morgan fingerprint density at radius 1 is 0.923 bits per heavy atom. The summed E-state index contributed by atoms with van der Waals surface area (Å²) in [6.45, 7) is 3.17. The molecule has 0 radical (unpaired) electrons. The number of hydrogen-bond acceptors (Lipinski definition) is 3. The molecule has 3 amide bonds. The number of halogens is 2. The van der Waals surface area contributed by atoms with Gasteiger partial charge in [-0.25, -0.2) is 0 Å². The van der Waals surface area contributed by atoms with E-state index in [1.807, 2.05) is 72.5 Å². The highest BCUT2D eigenvalue weighted by molar-refractivity contribution is 6.42. The van der Waals surface area contributed by atoms with Crippen LogP contribution in [0, 0.1) is 5.92 Å². The van der Waals surface area contributed by atoms with Crippen LogP contribution in [0.4, 0.5) is 5.69 Å². The summed E-state index contributed by atoms with van der Waals surface area (Å²) in [5.41, 5.74) is 1.89. The van der Waals surface area contributed by atoms with Crippen LogP contribution in [0.15, 0.2) is 78.9 Å². The van der Waals surface area contributed by atoms with Crippen LogP contribution in [0.25, 0.3) is 0 Å². The Labute approximate surface area is 238 Å². The lowest BCUT2D eigenvalue weighted by molar-refractivity contribution is -0.140. The lowest BCUT2D eigenvalue weighted by Crippen LogP contribution is -2.54. The van der Waals surface area contributed by atoms with Crippen molar-refractivity contribution in [1.29, 1.82) is 0 Å². The molecule has 2 aliphatic rings. The van der Waals surface area contributed by atoms with Crippen molar-refractivity contribution in [1.82, 2.24) is 10.2 Å². The van der Waals surface area contributed by atoms with Gasteiger partial charge in [-0.2, -0.15) is 0 Å². The van der Waals surface area contributed by atoms with Crippen LogP contribution in [0.1, 0.15) is 43.4 Å². The van der Waals surface area contributed by atoms with Crippen LogP contribution in [0.3, 0.4) is 0 Å². The molecule has 0 spiro atoms. The van der Waals surface area contributed by atoms with E-state index in [2.05, 4.69) is 5.32 Å². The van der Waals surface area contributed by atoms with Crippen LogP contribution in [-0.2, 0) is 19.8 Å². The molecule has 0 saturated carbocycles. The Balaban J connectivity index is 1.29. The van der Waals surface area contributed by atoms with Gasteiger partial charge in [0.1, 0.15) is 0 Å². The van der Waals surface area contributed by atoms with Gasteiger partial charge >= 0.3 is 0 Å². The monoisotopic (exact) mass is 563 g/mol. The van der Waals surface area contributed by atoms with Crippen molar-refractivity contribution in [3.05, 3.63) is 100 Å². The van der Waals surface area contributed by atoms with Gasteiger partial charge in [0, 0.05) is 31.7 Å². The van der Waals surface area contributed by atoms with Crippen molar-refractivity contribution in [2.45, 2.75) is 37.6 Å². The Morgan fingerprint density at radius 3 is 2.21 bits per heavy atom. The van der Waals surface area contributed by atoms with Gasteiger partial charge in [0.25, 0.3) is 0 Å². The maximum atomic E-state index is 13.8. The van der Waals surface area contributed by atoms with Gasteiger partial charge in [0.15, 0.2) is 0 Å². The quantitative estimate of drug-likeness (QED) is 0.413. The molecule has 6 nitrogen and oxygen atoms in total. The highest BCUT2D eigenvalue weighted by Crippen LogP contribution is 2.38. The Bertz CT molecular complexity index is 1360. The minimum Gasteiger partial charge on any atom is -0.349 e. The minimum atomic E-state index is -0.737. The maximum absolute atomic E-state index is 13.8. The number of anilines is 1. The van der Waals surface area contributed by atoms with Crippen LogP contribution in [-0.4, -0.2) is 42.3 Å². The van der Waals surface area contributed by atoms with Gasteiger partial charge < -0.3 is 15.1 Å². The largest absolute Gasteiger partial charge is 0.349 e. The lowest BCUT2D eigenvalue weighted by Gasteiger charge is -2.42. The molecule has 2 saturated heterocycles. The first kappa shape index (κ1) is 27.2. The van der Waals surface area contributed by atoms with E-state index >= 15 is 0 Å². The van der Waals surface area contributed by atoms with E-state index in [0.717, 1.165) is 11.1 Å². The van der Waals surface area contributed by atoms with E-state index in [4.69, 9.17) is 23.2 Å². The van der Waals surface area contributed by atoms with Crippen molar-refractivity contribution in [3.63, 3.8) is 0 Å². The summed E-state index contributed by atoms with van der Waals surface area (Å²) in [4.78, 5) is 43.6. The molecule has 2 heterocycles. The predicted octanol–water partition coefficient (Wildman–Crippen LogP) is 5.78.